The minimum atomic E-state index is 0.142. The van der Waals surface area contributed by atoms with E-state index in [1.165, 1.54) is 0 Å². The first kappa shape index (κ1) is 14.4. The zero-order valence-electron chi connectivity index (χ0n) is 12.4. The monoisotopic (exact) mass is 304 g/mol. The summed E-state index contributed by atoms with van der Waals surface area (Å²) in [7, 11) is 1.66. The van der Waals surface area contributed by atoms with Gasteiger partial charge in [-0.15, -0.1) is 11.3 Å². The molecule has 1 aromatic carbocycles. The van der Waals surface area contributed by atoms with E-state index in [0.717, 1.165) is 45.8 Å². The molecule has 112 valence electrons. The molecule has 1 amide bonds. The molecule has 1 saturated heterocycles. The van der Waals surface area contributed by atoms with E-state index in [4.69, 9.17) is 10.5 Å². The Kier molecular flexibility index (Phi) is 3.87. The van der Waals surface area contributed by atoms with E-state index >= 15 is 0 Å². The Morgan fingerprint density at radius 1 is 1.52 bits per heavy atom. The molecule has 1 aliphatic rings. The zero-order chi connectivity index (χ0) is 15.0. The van der Waals surface area contributed by atoms with E-state index < -0.39 is 0 Å². The molecule has 4 nitrogen and oxygen atoms in total. The number of benzene rings is 1. The average Bonchev–Trinajstić information content (AvgIpc) is 3.11. The fourth-order valence-corrected chi connectivity index (χ4v) is 4.04. The van der Waals surface area contributed by atoms with Gasteiger partial charge in [0.1, 0.15) is 5.75 Å². The molecule has 2 aromatic rings. The standard InChI is InChI=1S/C16H20N2O2S/c1-10-13-7-12(20-2)3-4-14(13)21-15(10)16(19)18-6-5-11(8-17)9-18/h3-4,7,11H,5-6,8-9,17H2,1-2H3. The lowest BCUT2D eigenvalue weighted by atomic mass is 10.1. The van der Waals surface area contributed by atoms with E-state index in [9.17, 15) is 4.79 Å². The van der Waals surface area contributed by atoms with Crippen LogP contribution >= 0.6 is 11.3 Å². The van der Waals surface area contributed by atoms with Crippen LogP contribution in [-0.2, 0) is 0 Å². The maximum absolute atomic E-state index is 12.7. The minimum Gasteiger partial charge on any atom is -0.497 e. The predicted octanol–water partition coefficient (Wildman–Crippen LogP) is 2.64. The smallest absolute Gasteiger partial charge is 0.264 e. The lowest BCUT2D eigenvalue weighted by molar-refractivity contribution is 0.0792. The largest absolute Gasteiger partial charge is 0.497 e. The Hall–Kier alpha value is -1.59. The number of nitrogens with two attached hydrogens (primary N) is 1. The molecule has 0 radical (unpaired) electrons. The van der Waals surface area contributed by atoms with Crippen LogP contribution in [0.25, 0.3) is 10.1 Å². The number of methoxy groups -OCH3 is 1. The van der Waals surface area contributed by atoms with Gasteiger partial charge in [0.15, 0.2) is 0 Å². The molecule has 2 heterocycles. The highest BCUT2D eigenvalue weighted by atomic mass is 32.1. The number of aryl methyl sites for hydroxylation is 1. The number of likely N-dealkylation sites (tertiary alicyclic amines) is 1. The molecule has 0 aliphatic carbocycles. The van der Waals surface area contributed by atoms with Crippen LogP contribution in [0.2, 0.25) is 0 Å². The third kappa shape index (κ3) is 2.51. The number of carbonyl (C=O) groups is 1. The van der Waals surface area contributed by atoms with Gasteiger partial charge in [0.2, 0.25) is 0 Å². The summed E-state index contributed by atoms with van der Waals surface area (Å²) in [6.45, 7) is 4.28. The summed E-state index contributed by atoms with van der Waals surface area (Å²) >= 11 is 1.57. The first-order valence-electron chi connectivity index (χ1n) is 7.20. The minimum absolute atomic E-state index is 0.142. The van der Waals surface area contributed by atoms with E-state index in [0.29, 0.717) is 12.5 Å². The van der Waals surface area contributed by atoms with Gasteiger partial charge < -0.3 is 15.4 Å². The molecular formula is C16H20N2O2S. The summed E-state index contributed by atoms with van der Waals surface area (Å²) in [6.07, 6.45) is 1.01. The van der Waals surface area contributed by atoms with E-state index in [2.05, 4.69) is 0 Å². The maximum atomic E-state index is 12.7. The number of amides is 1. The van der Waals surface area contributed by atoms with Crippen LogP contribution in [0, 0.1) is 12.8 Å². The third-order valence-electron chi connectivity index (χ3n) is 4.24. The van der Waals surface area contributed by atoms with E-state index in [-0.39, 0.29) is 5.91 Å². The number of hydrogen-bond acceptors (Lipinski definition) is 4. The number of ether oxygens (including phenoxy) is 1. The summed E-state index contributed by atoms with van der Waals surface area (Å²) in [5.74, 6) is 1.42. The van der Waals surface area contributed by atoms with Crippen molar-refractivity contribution in [3.63, 3.8) is 0 Å². The highest BCUT2D eigenvalue weighted by Gasteiger charge is 2.28. The highest BCUT2D eigenvalue weighted by Crippen LogP contribution is 2.34. The Morgan fingerprint density at radius 3 is 3.00 bits per heavy atom. The van der Waals surface area contributed by atoms with Gasteiger partial charge in [-0.2, -0.15) is 0 Å². The Bertz CT molecular complexity index is 680. The van der Waals surface area contributed by atoms with Crippen LogP contribution in [0.3, 0.4) is 0 Å². The lowest BCUT2D eigenvalue weighted by Crippen LogP contribution is -2.29. The molecule has 0 spiro atoms. The van der Waals surface area contributed by atoms with Gasteiger partial charge in [0.05, 0.1) is 12.0 Å². The number of fused-ring (bicyclic) bond motifs is 1. The Morgan fingerprint density at radius 2 is 2.33 bits per heavy atom. The molecule has 0 bridgehead atoms. The van der Waals surface area contributed by atoms with Crippen LogP contribution in [0.4, 0.5) is 0 Å². The fourth-order valence-electron chi connectivity index (χ4n) is 2.88. The molecule has 1 aliphatic heterocycles. The van der Waals surface area contributed by atoms with Crippen LogP contribution in [0.5, 0.6) is 5.75 Å². The molecule has 1 fully saturated rings. The second kappa shape index (κ2) is 5.66. The number of hydrogen-bond donors (Lipinski definition) is 1. The summed E-state index contributed by atoms with van der Waals surface area (Å²) in [4.78, 5) is 15.5. The lowest BCUT2D eigenvalue weighted by Gasteiger charge is -2.15. The molecule has 1 atom stereocenters. The summed E-state index contributed by atoms with van der Waals surface area (Å²) in [5.41, 5.74) is 6.76. The second-order valence-corrected chi connectivity index (χ2v) is 6.61. The quantitative estimate of drug-likeness (QED) is 0.948. The fraction of sp³-hybridized carbons (Fsp3) is 0.438. The van der Waals surface area contributed by atoms with E-state index in [1.54, 1.807) is 18.4 Å². The first-order valence-corrected chi connectivity index (χ1v) is 8.02. The molecule has 1 aromatic heterocycles. The van der Waals surface area contributed by atoms with Crippen molar-refractivity contribution in [3.05, 3.63) is 28.6 Å². The molecule has 0 saturated carbocycles. The third-order valence-corrected chi connectivity index (χ3v) is 5.50. The van der Waals surface area contributed by atoms with Crippen LogP contribution in [-0.4, -0.2) is 37.6 Å². The normalized spacial score (nSPS) is 18.4. The van der Waals surface area contributed by atoms with Gasteiger partial charge in [0, 0.05) is 17.8 Å². The summed E-state index contributed by atoms with van der Waals surface area (Å²) in [5, 5.41) is 1.11. The van der Waals surface area contributed by atoms with Crippen molar-refractivity contribution in [2.24, 2.45) is 11.7 Å². The van der Waals surface area contributed by atoms with Crippen molar-refractivity contribution in [3.8, 4) is 5.75 Å². The van der Waals surface area contributed by atoms with Crippen molar-refractivity contribution >= 4 is 27.3 Å². The first-order chi connectivity index (χ1) is 10.1. The highest BCUT2D eigenvalue weighted by molar-refractivity contribution is 7.21. The van der Waals surface area contributed by atoms with E-state index in [1.807, 2.05) is 30.0 Å². The molecule has 3 rings (SSSR count). The van der Waals surface area contributed by atoms with Gasteiger partial charge in [0.25, 0.3) is 5.91 Å². The summed E-state index contributed by atoms with van der Waals surface area (Å²) in [6, 6.07) is 5.97. The number of thiophene rings is 1. The summed E-state index contributed by atoms with van der Waals surface area (Å²) < 4.78 is 6.40. The van der Waals surface area contributed by atoms with Gasteiger partial charge in [-0.1, -0.05) is 0 Å². The zero-order valence-corrected chi connectivity index (χ0v) is 13.2. The molecule has 21 heavy (non-hydrogen) atoms. The van der Waals surface area contributed by atoms with Gasteiger partial charge >= 0.3 is 0 Å². The van der Waals surface area contributed by atoms with Crippen molar-refractivity contribution in [2.75, 3.05) is 26.7 Å². The number of rotatable bonds is 3. The molecule has 5 heteroatoms. The Balaban J connectivity index is 1.93. The average molecular weight is 304 g/mol. The topological polar surface area (TPSA) is 55.6 Å². The Labute approximate surface area is 128 Å². The van der Waals surface area contributed by atoms with Crippen molar-refractivity contribution in [1.82, 2.24) is 4.90 Å². The van der Waals surface area contributed by atoms with Crippen molar-refractivity contribution in [1.29, 1.82) is 0 Å². The number of carbonyl (C=O) groups excluding carboxylic acids is 1. The van der Waals surface area contributed by atoms with Gasteiger partial charge in [-0.25, -0.2) is 0 Å². The second-order valence-electron chi connectivity index (χ2n) is 5.56. The van der Waals surface area contributed by atoms with Crippen molar-refractivity contribution < 1.29 is 9.53 Å². The SMILES string of the molecule is COc1ccc2sc(C(=O)N3CCC(CN)C3)c(C)c2c1. The molecule has 2 N–H and O–H groups in total. The molecule has 1 unspecified atom stereocenters. The van der Waals surface area contributed by atoms with Crippen LogP contribution < -0.4 is 10.5 Å². The van der Waals surface area contributed by atoms with Gasteiger partial charge in [-0.3, -0.25) is 4.79 Å². The molecular weight excluding hydrogens is 284 g/mol. The number of nitrogens with zero attached hydrogens (tertiary/aromatic N) is 1. The van der Waals surface area contributed by atoms with Gasteiger partial charge in [-0.05, 0) is 55.0 Å². The van der Waals surface area contributed by atoms with Crippen LogP contribution in [0.1, 0.15) is 21.7 Å². The van der Waals surface area contributed by atoms with Crippen LogP contribution in [0.15, 0.2) is 18.2 Å². The maximum Gasteiger partial charge on any atom is 0.264 e. The van der Waals surface area contributed by atoms with Crippen molar-refractivity contribution in [2.45, 2.75) is 13.3 Å². The predicted molar refractivity (Wildman–Crippen MR) is 86.2 cm³/mol.